The molecule has 1 amide bonds. The average molecular weight is 370 g/mol. The molecule has 2 aliphatic rings. The van der Waals surface area contributed by atoms with Crippen LogP contribution in [0.3, 0.4) is 0 Å². The van der Waals surface area contributed by atoms with E-state index in [1.807, 2.05) is 11.8 Å². The smallest absolute Gasteiger partial charge is 0.230 e. The van der Waals surface area contributed by atoms with Gasteiger partial charge in [0.25, 0.3) is 0 Å². The summed E-state index contributed by atoms with van der Waals surface area (Å²) in [6.07, 6.45) is 3.86. The van der Waals surface area contributed by atoms with E-state index in [0.717, 1.165) is 18.7 Å². The van der Waals surface area contributed by atoms with Crippen LogP contribution in [-0.2, 0) is 9.53 Å². The van der Waals surface area contributed by atoms with Crippen molar-refractivity contribution >= 4 is 17.8 Å². The molecule has 2 aromatic rings. The van der Waals surface area contributed by atoms with Crippen molar-refractivity contribution in [2.45, 2.75) is 13.3 Å². The van der Waals surface area contributed by atoms with E-state index in [0.29, 0.717) is 62.8 Å². The standard InChI is InChI=1S/C17H22N8O2/c1-12-19-10-13(11-20-12)15-21-16(24-4-2-14(26)18-3-5-24)23-17(22-15)25-6-8-27-9-7-25/h10-11H,2-9H2,1H3,(H,18,26). The summed E-state index contributed by atoms with van der Waals surface area (Å²) in [4.78, 5) is 38.3. The van der Waals surface area contributed by atoms with Gasteiger partial charge in [0.15, 0.2) is 5.82 Å². The van der Waals surface area contributed by atoms with E-state index in [9.17, 15) is 4.79 Å². The summed E-state index contributed by atoms with van der Waals surface area (Å²) < 4.78 is 5.44. The number of hydrogen-bond donors (Lipinski definition) is 1. The summed E-state index contributed by atoms with van der Waals surface area (Å²) in [5.41, 5.74) is 0.739. The Kier molecular flexibility index (Phi) is 5.05. The molecule has 0 bridgehead atoms. The van der Waals surface area contributed by atoms with Crippen LogP contribution in [0, 0.1) is 6.92 Å². The third-order valence-electron chi connectivity index (χ3n) is 4.54. The van der Waals surface area contributed by atoms with Crippen LogP contribution in [0.25, 0.3) is 11.4 Å². The second kappa shape index (κ2) is 7.78. The zero-order valence-corrected chi connectivity index (χ0v) is 15.3. The van der Waals surface area contributed by atoms with Crippen molar-refractivity contribution < 1.29 is 9.53 Å². The molecule has 4 rings (SSSR count). The minimum Gasteiger partial charge on any atom is -0.378 e. The molecule has 2 aliphatic heterocycles. The lowest BCUT2D eigenvalue weighted by molar-refractivity contribution is -0.120. The Balaban J connectivity index is 1.71. The Morgan fingerprint density at radius 3 is 2.33 bits per heavy atom. The molecule has 0 unspecified atom stereocenters. The van der Waals surface area contributed by atoms with Crippen LogP contribution in [0.4, 0.5) is 11.9 Å². The topological polar surface area (TPSA) is 109 Å². The fraction of sp³-hybridized carbons (Fsp3) is 0.529. The number of hydrogen-bond acceptors (Lipinski definition) is 9. The Morgan fingerprint density at radius 2 is 1.63 bits per heavy atom. The molecule has 0 atom stereocenters. The van der Waals surface area contributed by atoms with Gasteiger partial charge in [-0.15, -0.1) is 0 Å². The van der Waals surface area contributed by atoms with Crippen LogP contribution in [0.15, 0.2) is 12.4 Å². The van der Waals surface area contributed by atoms with Crippen molar-refractivity contribution in [3.63, 3.8) is 0 Å². The van der Waals surface area contributed by atoms with Crippen LogP contribution in [0.2, 0.25) is 0 Å². The number of morpholine rings is 1. The zero-order chi connectivity index (χ0) is 18.6. The van der Waals surface area contributed by atoms with Crippen molar-refractivity contribution in [3.8, 4) is 11.4 Å². The fourth-order valence-corrected chi connectivity index (χ4v) is 3.00. The van der Waals surface area contributed by atoms with Crippen molar-refractivity contribution in [2.24, 2.45) is 0 Å². The molecule has 1 N–H and O–H groups in total. The first-order valence-electron chi connectivity index (χ1n) is 9.08. The van der Waals surface area contributed by atoms with Crippen molar-refractivity contribution in [2.75, 3.05) is 55.7 Å². The number of nitrogens with zero attached hydrogens (tertiary/aromatic N) is 7. The highest BCUT2D eigenvalue weighted by Gasteiger charge is 2.21. The third kappa shape index (κ3) is 4.11. The molecule has 10 nitrogen and oxygen atoms in total. The normalized spacial score (nSPS) is 18.2. The predicted octanol–water partition coefficient (Wildman–Crippen LogP) is -0.200. The van der Waals surface area contributed by atoms with Crippen molar-refractivity contribution in [1.82, 2.24) is 30.2 Å². The summed E-state index contributed by atoms with van der Waals surface area (Å²) in [5, 5.41) is 2.88. The Bertz CT molecular complexity index is 807. The van der Waals surface area contributed by atoms with Gasteiger partial charge in [-0.2, -0.15) is 15.0 Å². The van der Waals surface area contributed by atoms with E-state index in [-0.39, 0.29) is 5.91 Å². The zero-order valence-electron chi connectivity index (χ0n) is 15.3. The molecule has 27 heavy (non-hydrogen) atoms. The van der Waals surface area contributed by atoms with Gasteiger partial charge in [0.05, 0.1) is 18.8 Å². The Labute approximate surface area is 157 Å². The van der Waals surface area contributed by atoms with Crippen LogP contribution in [-0.4, -0.2) is 76.8 Å². The molecule has 0 spiro atoms. The average Bonchev–Trinajstić information content (AvgIpc) is 2.93. The molecule has 10 heteroatoms. The van der Waals surface area contributed by atoms with E-state index in [1.165, 1.54) is 0 Å². The summed E-state index contributed by atoms with van der Waals surface area (Å²) in [6.45, 7) is 6.38. The van der Waals surface area contributed by atoms with Gasteiger partial charge in [-0.1, -0.05) is 0 Å². The number of aryl methyl sites for hydroxylation is 1. The fourth-order valence-electron chi connectivity index (χ4n) is 3.00. The van der Waals surface area contributed by atoms with Gasteiger partial charge in [-0.25, -0.2) is 9.97 Å². The number of carbonyl (C=O) groups is 1. The van der Waals surface area contributed by atoms with Crippen molar-refractivity contribution in [3.05, 3.63) is 18.2 Å². The molecule has 2 aromatic heterocycles. The van der Waals surface area contributed by atoms with E-state index in [4.69, 9.17) is 4.74 Å². The first-order chi connectivity index (χ1) is 13.2. The Morgan fingerprint density at radius 1 is 0.963 bits per heavy atom. The van der Waals surface area contributed by atoms with Gasteiger partial charge in [0.1, 0.15) is 5.82 Å². The predicted molar refractivity (Wildman–Crippen MR) is 98.5 cm³/mol. The maximum absolute atomic E-state index is 11.7. The van der Waals surface area contributed by atoms with E-state index >= 15 is 0 Å². The number of aromatic nitrogens is 5. The molecular weight excluding hydrogens is 348 g/mol. The number of carbonyl (C=O) groups excluding carboxylic acids is 1. The minimum absolute atomic E-state index is 0.0483. The lowest BCUT2D eigenvalue weighted by Gasteiger charge is -2.28. The third-order valence-corrected chi connectivity index (χ3v) is 4.54. The summed E-state index contributed by atoms with van der Waals surface area (Å²) in [6, 6.07) is 0. The second-order valence-corrected chi connectivity index (χ2v) is 6.46. The summed E-state index contributed by atoms with van der Waals surface area (Å²) in [5.74, 6) is 2.46. The molecule has 4 heterocycles. The van der Waals surface area contributed by atoms with E-state index in [2.05, 4.69) is 35.1 Å². The van der Waals surface area contributed by atoms with Gasteiger partial charge < -0.3 is 19.9 Å². The quantitative estimate of drug-likeness (QED) is 0.785. The highest BCUT2D eigenvalue weighted by Crippen LogP contribution is 2.21. The maximum Gasteiger partial charge on any atom is 0.230 e. The number of rotatable bonds is 3. The largest absolute Gasteiger partial charge is 0.378 e. The van der Waals surface area contributed by atoms with E-state index < -0.39 is 0 Å². The second-order valence-electron chi connectivity index (χ2n) is 6.46. The molecule has 0 aromatic carbocycles. The monoisotopic (exact) mass is 370 g/mol. The number of nitrogens with one attached hydrogen (secondary N) is 1. The molecular formula is C17H22N8O2. The van der Waals surface area contributed by atoms with Crippen LogP contribution < -0.4 is 15.1 Å². The number of amides is 1. The highest BCUT2D eigenvalue weighted by atomic mass is 16.5. The van der Waals surface area contributed by atoms with Crippen LogP contribution in [0.1, 0.15) is 12.2 Å². The lowest BCUT2D eigenvalue weighted by atomic mass is 10.3. The highest BCUT2D eigenvalue weighted by molar-refractivity contribution is 5.77. The summed E-state index contributed by atoms with van der Waals surface area (Å²) >= 11 is 0. The van der Waals surface area contributed by atoms with Gasteiger partial charge in [0, 0.05) is 51.5 Å². The molecule has 0 saturated carbocycles. The van der Waals surface area contributed by atoms with Gasteiger partial charge in [-0.3, -0.25) is 4.79 Å². The SMILES string of the molecule is Cc1ncc(-c2nc(N3CCOCC3)nc(N3CCNC(=O)CC3)n2)cn1. The summed E-state index contributed by atoms with van der Waals surface area (Å²) in [7, 11) is 0. The molecule has 2 saturated heterocycles. The number of anilines is 2. The number of ether oxygens (including phenoxy) is 1. The van der Waals surface area contributed by atoms with Crippen LogP contribution >= 0.6 is 0 Å². The van der Waals surface area contributed by atoms with E-state index in [1.54, 1.807) is 12.4 Å². The lowest BCUT2D eigenvalue weighted by Crippen LogP contribution is -2.38. The van der Waals surface area contributed by atoms with Gasteiger partial charge in [0.2, 0.25) is 17.8 Å². The molecule has 2 fully saturated rings. The van der Waals surface area contributed by atoms with Gasteiger partial charge >= 0.3 is 0 Å². The molecule has 0 radical (unpaired) electrons. The first kappa shape index (κ1) is 17.5. The first-order valence-corrected chi connectivity index (χ1v) is 9.08. The maximum atomic E-state index is 11.7. The van der Waals surface area contributed by atoms with Crippen LogP contribution in [0.5, 0.6) is 0 Å². The van der Waals surface area contributed by atoms with Crippen molar-refractivity contribution in [1.29, 1.82) is 0 Å². The van der Waals surface area contributed by atoms with Gasteiger partial charge in [-0.05, 0) is 6.92 Å². The molecule has 0 aliphatic carbocycles. The minimum atomic E-state index is 0.0483. The molecule has 142 valence electrons. The Hall–Kier alpha value is -2.88.